The number of imide groups is 1. The van der Waals surface area contributed by atoms with Gasteiger partial charge < -0.3 is 10.6 Å². The van der Waals surface area contributed by atoms with E-state index in [0.717, 1.165) is 44.1 Å². The molecule has 3 aromatic carbocycles. The molecule has 1 unspecified atom stereocenters. The average molecular weight is 710 g/mol. The highest BCUT2D eigenvalue weighted by molar-refractivity contribution is 6.02. The number of pyridine rings is 2. The van der Waals surface area contributed by atoms with E-state index < -0.39 is 23.7 Å². The number of amides is 3. The number of aryl methyl sites for hydroxylation is 2. The minimum atomic E-state index is -0.729. The van der Waals surface area contributed by atoms with Crippen LogP contribution in [-0.4, -0.2) is 49.4 Å². The number of nitrogens with zero attached hydrogens (tertiary/aromatic N) is 4. The molecule has 0 radical (unpaired) electrons. The lowest BCUT2D eigenvalue weighted by molar-refractivity contribution is -0.133. The molecule has 3 amide bonds. The number of benzene rings is 3. The van der Waals surface area contributed by atoms with Crippen molar-refractivity contribution in [2.75, 3.05) is 11.9 Å². The van der Waals surface area contributed by atoms with Crippen molar-refractivity contribution in [1.82, 2.24) is 29.7 Å². The van der Waals surface area contributed by atoms with E-state index in [9.17, 15) is 19.2 Å². The van der Waals surface area contributed by atoms with Gasteiger partial charge in [-0.25, -0.2) is 9.18 Å². The number of hydrogen-bond acceptors (Lipinski definition) is 7. The monoisotopic (exact) mass is 709 g/mol. The number of carbonyl (C=O) groups excluding carboxylic acids is 3. The number of imidazole rings is 1. The third-order valence-corrected chi connectivity index (χ3v) is 9.51. The Morgan fingerprint density at radius 2 is 1.79 bits per heavy atom. The zero-order valence-electron chi connectivity index (χ0n) is 29.6. The molecule has 266 valence electrons. The van der Waals surface area contributed by atoms with Crippen molar-refractivity contribution in [1.29, 1.82) is 0 Å². The predicted octanol–water partition coefficient (Wildman–Crippen LogP) is 5.42. The molecule has 1 aliphatic heterocycles. The first-order valence-electron chi connectivity index (χ1n) is 17.2. The van der Waals surface area contributed by atoms with Crippen LogP contribution in [0.3, 0.4) is 0 Å². The van der Waals surface area contributed by atoms with Crippen LogP contribution in [0.2, 0.25) is 0 Å². The maximum Gasteiger partial charge on any atom is 0.328 e. The first-order valence-corrected chi connectivity index (χ1v) is 17.2. The van der Waals surface area contributed by atoms with E-state index in [1.807, 2.05) is 31.4 Å². The Labute approximate surface area is 304 Å². The Bertz CT molecular complexity index is 2580. The third kappa shape index (κ3) is 6.77. The maximum atomic E-state index is 15.1. The van der Waals surface area contributed by atoms with E-state index in [4.69, 9.17) is 4.98 Å². The predicted molar refractivity (Wildman–Crippen MR) is 202 cm³/mol. The van der Waals surface area contributed by atoms with Crippen molar-refractivity contribution >= 4 is 45.2 Å². The summed E-state index contributed by atoms with van der Waals surface area (Å²) in [7, 11) is 3.60. The maximum absolute atomic E-state index is 15.1. The van der Waals surface area contributed by atoms with Crippen LogP contribution in [0.25, 0.3) is 44.2 Å². The molecular weight excluding hydrogens is 673 g/mol. The van der Waals surface area contributed by atoms with E-state index in [2.05, 4.69) is 64.8 Å². The van der Waals surface area contributed by atoms with Crippen molar-refractivity contribution in [2.24, 2.45) is 14.1 Å². The van der Waals surface area contributed by atoms with Crippen molar-refractivity contribution < 1.29 is 18.8 Å². The van der Waals surface area contributed by atoms with Crippen molar-refractivity contribution in [3.63, 3.8) is 0 Å². The molecule has 4 heterocycles. The average Bonchev–Trinajstić information content (AvgIpc) is 3.38. The molecule has 0 spiro atoms. The topological polar surface area (TPSA) is 140 Å². The van der Waals surface area contributed by atoms with Gasteiger partial charge in [-0.2, -0.15) is 0 Å². The molecule has 12 heteroatoms. The second kappa shape index (κ2) is 14.2. The number of rotatable bonds is 7. The molecule has 7 rings (SSSR count). The fourth-order valence-electron chi connectivity index (χ4n) is 6.66. The van der Waals surface area contributed by atoms with Crippen LogP contribution in [0, 0.1) is 17.7 Å². The SMILES string of the molecule is CC(C)c1cc(-c2cccc3cc(-c4ccc(C(=O)NCC#Cc5cccc(NC6CCC(=O)NC6=O)c5F)nc4)ncc23)cc2c1n(C)c(=O)n2C. The zero-order chi connectivity index (χ0) is 37.4. The second-order valence-electron chi connectivity index (χ2n) is 13.3. The van der Waals surface area contributed by atoms with Crippen LogP contribution in [0.4, 0.5) is 10.1 Å². The molecule has 1 fully saturated rings. The fourth-order valence-corrected chi connectivity index (χ4v) is 6.66. The van der Waals surface area contributed by atoms with Crippen LogP contribution in [0.1, 0.15) is 54.2 Å². The van der Waals surface area contributed by atoms with Gasteiger partial charge in [-0.05, 0) is 76.9 Å². The van der Waals surface area contributed by atoms with Crippen molar-refractivity contribution in [3.8, 4) is 34.2 Å². The highest BCUT2D eigenvalue weighted by Gasteiger charge is 2.27. The molecule has 11 nitrogen and oxygen atoms in total. The first kappa shape index (κ1) is 34.8. The molecule has 3 N–H and O–H groups in total. The van der Waals surface area contributed by atoms with Gasteiger partial charge in [-0.15, -0.1) is 0 Å². The number of anilines is 1. The molecule has 0 saturated carbocycles. The zero-order valence-corrected chi connectivity index (χ0v) is 29.6. The molecule has 0 aliphatic carbocycles. The summed E-state index contributed by atoms with van der Waals surface area (Å²) >= 11 is 0. The Hall–Kier alpha value is -6.61. The summed E-state index contributed by atoms with van der Waals surface area (Å²) in [6.45, 7) is 4.20. The minimum Gasteiger partial charge on any atom is -0.371 e. The van der Waals surface area contributed by atoms with E-state index >= 15 is 4.39 Å². The lowest BCUT2D eigenvalue weighted by Gasteiger charge is -2.23. The first-order chi connectivity index (χ1) is 25.5. The number of piperidine rings is 1. The summed E-state index contributed by atoms with van der Waals surface area (Å²) in [5.41, 5.74) is 6.67. The van der Waals surface area contributed by atoms with Crippen LogP contribution >= 0.6 is 0 Å². The van der Waals surface area contributed by atoms with Crippen molar-refractivity contribution in [3.05, 3.63) is 112 Å². The van der Waals surface area contributed by atoms with Gasteiger partial charge in [0.25, 0.3) is 5.91 Å². The quantitative estimate of drug-likeness (QED) is 0.149. The van der Waals surface area contributed by atoms with Crippen LogP contribution in [-0.2, 0) is 23.7 Å². The number of fused-ring (bicyclic) bond motifs is 2. The summed E-state index contributed by atoms with van der Waals surface area (Å²) < 4.78 is 18.5. The number of halogens is 1. The van der Waals surface area contributed by atoms with Gasteiger partial charge in [0.1, 0.15) is 11.7 Å². The summed E-state index contributed by atoms with van der Waals surface area (Å²) in [6, 6.07) is 19.5. The Morgan fingerprint density at radius 3 is 2.55 bits per heavy atom. The van der Waals surface area contributed by atoms with Gasteiger partial charge in [0.2, 0.25) is 11.8 Å². The lowest BCUT2D eigenvalue weighted by atomic mass is 9.93. The summed E-state index contributed by atoms with van der Waals surface area (Å²) in [5.74, 6) is 3.76. The number of hydrogen-bond donors (Lipinski definition) is 3. The second-order valence-corrected chi connectivity index (χ2v) is 13.3. The molecule has 1 saturated heterocycles. The van der Waals surface area contributed by atoms with E-state index in [1.165, 1.54) is 12.1 Å². The molecule has 53 heavy (non-hydrogen) atoms. The normalized spacial score (nSPS) is 14.3. The lowest BCUT2D eigenvalue weighted by Crippen LogP contribution is -2.47. The molecular formula is C41H36FN7O4. The van der Waals surface area contributed by atoms with E-state index in [0.29, 0.717) is 5.69 Å². The van der Waals surface area contributed by atoms with Crippen LogP contribution in [0.5, 0.6) is 0 Å². The highest BCUT2D eigenvalue weighted by Crippen LogP contribution is 2.35. The number of aromatic nitrogens is 4. The molecule has 0 bridgehead atoms. The van der Waals surface area contributed by atoms with Crippen molar-refractivity contribution in [2.45, 2.75) is 38.6 Å². The smallest absolute Gasteiger partial charge is 0.328 e. The molecule has 6 aromatic rings. The third-order valence-electron chi connectivity index (χ3n) is 9.51. The fraction of sp³-hybridized carbons (Fsp3) is 0.220. The van der Waals surface area contributed by atoms with Gasteiger partial charge >= 0.3 is 5.69 Å². The van der Waals surface area contributed by atoms with Gasteiger partial charge in [-0.1, -0.05) is 50.0 Å². The molecule has 3 aromatic heterocycles. The van der Waals surface area contributed by atoms with Crippen LogP contribution in [0.15, 0.2) is 83.9 Å². The summed E-state index contributed by atoms with van der Waals surface area (Å²) in [5, 5.41) is 9.70. The van der Waals surface area contributed by atoms with E-state index in [-0.39, 0.29) is 53.8 Å². The standard InChI is InChI=1S/C41H36FN7O4/c1-23(2)29-18-27(20-35-38(29)49(4)41(53)48(35)3)28-11-5-9-25-19-34(45-22-30(25)28)26-13-14-32(44-21-26)39(51)43-17-7-10-24-8-6-12-31(37(24)42)46-33-15-16-36(50)47-40(33)52/h5-6,8-9,11-14,18-23,33,46H,15-17H2,1-4H3,(H,43,51)(H,47,50,52). The molecule has 1 atom stereocenters. The summed E-state index contributed by atoms with van der Waals surface area (Å²) in [4.78, 5) is 58.2. The Kier molecular flexibility index (Phi) is 9.32. The highest BCUT2D eigenvalue weighted by atomic mass is 19.1. The number of carbonyl (C=O) groups is 3. The van der Waals surface area contributed by atoms with Gasteiger partial charge in [0, 0.05) is 43.9 Å². The molecule has 1 aliphatic rings. The summed E-state index contributed by atoms with van der Waals surface area (Å²) in [6.07, 6.45) is 3.86. The van der Waals surface area contributed by atoms with E-state index in [1.54, 1.807) is 40.6 Å². The minimum absolute atomic E-state index is 0.0484. The number of nitrogens with one attached hydrogen (secondary N) is 3. The Morgan fingerprint density at radius 1 is 0.981 bits per heavy atom. The largest absolute Gasteiger partial charge is 0.371 e. The van der Waals surface area contributed by atoms with Gasteiger partial charge in [0.15, 0.2) is 5.82 Å². The van der Waals surface area contributed by atoms with Gasteiger partial charge in [0.05, 0.1) is 34.5 Å². The van der Waals surface area contributed by atoms with Gasteiger partial charge in [-0.3, -0.25) is 38.8 Å². The Balaban J connectivity index is 1.04. The van der Waals surface area contributed by atoms with Crippen LogP contribution < -0.4 is 21.6 Å².